The SMILES string of the molecule is CC(C)(C)[C@H](N)C(=O)NC1CCN(c2cccc(Cl)c2)C1. The molecular formula is C16H24ClN3O. The molecule has 1 aliphatic rings. The maximum Gasteiger partial charge on any atom is 0.237 e. The predicted molar refractivity (Wildman–Crippen MR) is 87.6 cm³/mol. The normalized spacial score (nSPS) is 20.4. The lowest BCUT2D eigenvalue weighted by molar-refractivity contribution is -0.125. The summed E-state index contributed by atoms with van der Waals surface area (Å²) in [5.74, 6) is -0.0690. The van der Waals surface area contributed by atoms with Crippen molar-refractivity contribution in [3.05, 3.63) is 29.3 Å². The van der Waals surface area contributed by atoms with E-state index in [1.165, 1.54) is 0 Å². The van der Waals surface area contributed by atoms with Gasteiger partial charge in [-0.1, -0.05) is 38.4 Å². The highest BCUT2D eigenvalue weighted by molar-refractivity contribution is 6.30. The highest BCUT2D eigenvalue weighted by Gasteiger charge is 2.31. The quantitative estimate of drug-likeness (QED) is 0.901. The third-order valence-corrected chi connectivity index (χ3v) is 4.16. The van der Waals surface area contributed by atoms with Gasteiger partial charge in [-0.05, 0) is 30.0 Å². The Morgan fingerprint density at radius 1 is 1.48 bits per heavy atom. The van der Waals surface area contributed by atoms with Crippen LogP contribution in [0.2, 0.25) is 5.02 Å². The summed E-state index contributed by atoms with van der Waals surface area (Å²) in [5, 5.41) is 3.79. The number of anilines is 1. The number of hydrogen-bond donors (Lipinski definition) is 2. The second-order valence-corrected chi connectivity index (χ2v) is 7.20. The van der Waals surface area contributed by atoms with Gasteiger partial charge in [0.2, 0.25) is 5.91 Å². The molecule has 116 valence electrons. The van der Waals surface area contributed by atoms with Gasteiger partial charge in [-0.2, -0.15) is 0 Å². The fourth-order valence-electron chi connectivity index (χ4n) is 2.47. The van der Waals surface area contributed by atoms with Gasteiger partial charge in [-0.3, -0.25) is 4.79 Å². The van der Waals surface area contributed by atoms with Crippen LogP contribution in [0, 0.1) is 5.41 Å². The van der Waals surface area contributed by atoms with Gasteiger partial charge in [0, 0.05) is 29.8 Å². The van der Waals surface area contributed by atoms with E-state index in [-0.39, 0.29) is 17.4 Å². The molecule has 0 radical (unpaired) electrons. The molecule has 4 nitrogen and oxygen atoms in total. The summed E-state index contributed by atoms with van der Waals surface area (Å²) in [5.41, 5.74) is 6.86. The van der Waals surface area contributed by atoms with Crippen LogP contribution in [-0.2, 0) is 4.79 Å². The average molecular weight is 310 g/mol. The van der Waals surface area contributed by atoms with E-state index in [1.807, 2.05) is 45.0 Å². The summed E-state index contributed by atoms with van der Waals surface area (Å²) in [6.07, 6.45) is 0.926. The average Bonchev–Trinajstić information content (AvgIpc) is 2.85. The molecule has 3 N–H and O–H groups in total. The summed E-state index contributed by atoms with van der Waals surface area (Å²) in [6, 6.07) is 7.45. The maximum absolute atomic E-state index is 12.2. The molecule has 1 aliphatic heterocycles. The Kier molecular flexibility index (Phi) is 4.79. The second kappa shape index (κ2) is 6.24. The van der Waals surface area contributed by atoms with Crippen LogP contribution in [0.1, 0.15) is 27.2 Å². The van der Waals surface area contributed by atoms with Crippen molar-refractivity contribution < 1.29 is 4.79 Å². The lowest BCUT2D eigenvalue weighted by Crippen LogP contribution is -2.51. The van der Waals surface area contributed by atoms with E-state index in [2.05, 4.69) is 10.2 Å². The number of amides is 1. The van der Waals surface area contributed by atoms with Crippen molar-refractivity contribution in [1.29, 1.82) is 0 Å². The van der Waals surface area contributed by atoms with Crippen molar-refractivity contribution in [1.82, 2.24) is 5.32 Å². The first kappa shape index (κ1) is 16.1. The second-order valence-electron chi connectivity index (χ2n) is 6.76. The molecule has 1 aromatic rings. The molecule has 1 aromatic carbocycles. The molecule has 5 heteroatoms. The van der Waals surface area contributed by atoms with Crippen LogP contribution >= 0.6 is 11.6 Å². The van der Waals surface area contributed by atoms with Crippen LogP contribution in [-0.4, -0.2) is 31.1 Å². The molecule has 0 spiro atoms. The van der Waals surface area contributed by atoms with Gasteiger partial charge in [0.05, 0.1) is 6.04 Å². The molecule has 21 heavy (non-hydrogen) atoms. The number of nitrogens with zero attached hydrogens (tertiary/aromatic N) is 1. The molecule has 1 amide bonds. The molecule has 1 fully saturated rings. The van der Waals surface area contributed by atoms with E-state index >= 15 is 0 Å². The molecule has 0 aromatic heterocycles. The van der Waals surface area contributed by atoms with Crippen molar-refractivity contribution in [3.8, 4) is 0 Å². The molecular weight excluding hydrogens is 286 g/mol. The number of carbonyl (C=O) groups excluding carboxylic acids is 1. The van der Waals surface area contributed by atoms with Gasteiger partial charge in [-0.25, -0.2) is 0 Å². The van der Waals surface area contributed by atoms with Gasteiger partial charge in [-0.15, -0.1) is 0 Å². The van der Waals surface area contributed by atoms with Crippen LogP contribution in [0.15, 0.2) is 24.3 Å². The van der Waals surface area contributed by atoms with Crippen LogP contribution in [0.25, 0.3) is 0 Å². The standard InChI is InChI=1S/C16H24ClN3O/c1-16(2,3)14(18)15(21)19-12-7-8-20(10-12)13-6-4-5-11(17)9-13/h4-6,9,12,14H,7-8,10,18H2,1-3H3,(H,19,21)/t12?,14-/m1/s1. The Hall–Kier alpha value is -1.26. The number of hydrogen-bond acceptors (Lipinski definition) is 3. The zero-order chi connectivity index (χ0) is 15.6. The van der Waals surface area contributed by atoms with E-state index in [9.17, 15) is 4.79 Å². The first-order chi connectivity index (χ1) is 9.77. The van der Waals surface area contributed by atoms with Crippen molar-refractivity contribution in [2.75, 3.05) is 18.0 Å². The Morgan fingerprint density at radius 3 is 2.81 bits per heavy atom. The molecule has 2 rings (SSSR count). The lowest BCUT2D eigenvalue weighted by Gasteiger charge is -2.27. The van der Waals surface area contributed by atoms with Gasteiger partial charge in [0.15, 0.2) is 0 Å². The minimum Gasteiger partial charge on any atom is -0.369 e. The summed E-state index contributed by atoms with van der Waals surface area (Å²) in [6.45, 7) is 7.64. The Labute approximate surface area is 131 Å². The third kappa shape index (κ3) is 4.11. The van der Waals surface area contributed by atoms with E-state index in [1.54, 1.807) is 0 Å². The largest absolute Gasteiger partial charge is 0.369 e. The zero-order valence-electron chi connectivity index (χ0n) is 12.9. The number of carbonyl (C=O) groups is 1. The van der Waals surface area contributed by atoms with E-state index in [4.69, 9.17) is 17.3 Å². The zero-order valence-corrected chi connectivity index (χ0v) is 13.7. The van der Waals surface area contributed by atoms with E-state index < -0.39 is 6.04 Å². The van der Waals surface area contributed by atoms with Crippen molar-refractivity contribution in [2.24, 2.45) is 11.1 Å². The first-order valence-electron chi connectivity index (χ1n) is 7.34. The molecule has 0 bridgehead atoms. The number of nitrogens with one attached hydrogen (secondary N) is 1. The molecule has 1 unspecified atom stereocenters. The third-order valence-electron chi connectivity index (χ3n) is 3.92. The van der Waals surface area contributed by atoms with Crippen molar-refractivity contribution in [3.63, 3.8) is 0 Å². The first-order valence-corrected chi connectivity index (χ1v) is 7.71. The van der Waals surface area contributed by atoms with Crippen molar-refractivity contribution in [2.45, 2.75) is 39.3 Å². The monoisotopic (exact) mass is 309 g/mol. The number of rotatable bonds is 3. The molecule has 0 aliphatic carbocycles. The maximum atomic E-state index is 12.2. The van der Waals surface area contributed by atoms with Crippen molar-refractivity contribution >= 4 is 23.2 Å². The Balaban J connectivity index is 1.93. The van der Waals surface area contributed by atoms with Gasteiger partial charge in [0.25, 0.3) is 0 Å². The highest BCUT2D eigenvalue weighted by atomic mass is 35.5. The molecule has 1 saturated heterocycles. The fraction of sp³-hybridized carbons (Fsp3) is 0.562. The minimum absolute atomic E-state index is 0.0690. The topological polar surface area (TPSA) is 58.4 Å². The molecule has 1 heterocycles. The summed E-state index contributed by atoms with van der Waals surface area (Å²) in [7, 11) is 0. The lowest BCUT2D eigenvalue weighted by atomic mass is 9.87. The highest BCUT2D eigenvalue weighted by Crippen LogP contribution is 2.24. The Morgan fingerprint density at radius 2 is 2.19 bits per heavy atom. The van der Waals surface area contributed by atoms with E-state index in [0.717, 1.165) is 30.2 Å². The van der Waals surface area contributed by atoms with Gasteiger partial charge in [0.1, 0.15) is 0 Å². The van der Waals surface area contributed by atoms with Crippen LogP contribution in [0.5, 0.6) is 0 Å². The number of halogens is 1. The molecule has 2 atom stereocenters. The van der Waals surface area contributed by atoms with Crippen LogP contribution in [0.4, 0.5) is 5.69 Å². The summed E-state index contributed by atoms with van der Waals surface area (Å²) < 4.78 is 0. The number of benzene rings is 1. The van der Waals surface area contributed by atoms with Gasteiger partial charge < -0.3 is 16.0 Å². The summed E-state index contributed by atoms with van der Waals surface area (Å²) >= 11 is 6.02. The summed E-state index contributed by atoms with van der Waals surface area (Å²) in [4.78, 5) is 14.4. The fourth-order valence-corrected chi connectivity index (χ4v) is 2.65. The number of nitrogens with two attached hydrogens (primary N) is 1. The molecule has 0 saturated carbocycles. The van der Waals surface area contributed by atoms with Crippen LogP contribution < -0.4 is 16.0 Å². The van der Waals surface area contributed by atoms with Crippen LogP contribution in [0.3, 0.4) is 0 Å². The van der Waals surface area contributed by atoms with Gasteiger partial charge >= 0.3 is 0 Å². The smallest absolute Gasteiger partial charge is 0.237 e. The van der Waals surface area contributed by atoms with E-state index in [0.29, 0.717) is 0 Å². The Bertz CT molecular complexity index is 512. The predicted octanol–water partition coefficient (Wildman–Crippen LogP) is 2.41. The minimum atomic E-state index is -0.488.